The predicted molar refractivity (Wildman–Crippen MR) is 110 cm³/mol. The van der Waals surface area contributed by atoms with Crippen LogP contribution in [0.15, 0.2) is 65.4 Å². The van der Waals surface area contributed by atoms with Crippen LogP contribution in [0.25, 0.3) is 43.9 Å². The fourth-order valence-corrected chi connectivity index (χ4v) is 4.94. The number of fused-ring (bicyclic) bond motifs is 5. The van der Waals surface area contributed by atoms with E-state index in [0.717, 1.165) is 6.42 Å². The van der Waals surface area contributed by atoms with Crippen molar-refractivity contribution in [2.24, 2.45) is 7.05 Å². The molecule has 3 aromatic rings. The third-order valence-corrected chi connectivity index (χ3v) is 6.02. The quantitative estimate of drug-likeness (QED) is 0.335. The summed E-state index contributed by atoms with van der Waals surface area (Å²) >= 11 is 1.77. The van der Waals surface area contributed by atoms with Gasteiger partial charge in [-0.3, -0.25) is 0 Å². The highest BCUT2D eigenvalue weighted by Gasteiger charge is 2.25. The van der Waals surface area contributed by atoms with Gasteiger partial charge in [0.25, 0.3) is 0 Å². The van der Waals surface area contributed by atoms with E-state index >= 15 is 0 Å². The molecule has 2 aromatic carbocycles. The minimum absolute atomic E-state index is 1.02. The lowest BCUT2D eigenvalue weighted by Crippen LogP contribution is -2.05. The Morgan fingerprint density at radius 2 is 1.48 bits per heavy atom. The molecule has 25 heavy (non-hydrogen) atoms. The molecule has 1 aromatic heterocycles. The Hall–Kier alpha value is -2.58. The molecule has 0 saturated carbocycles. The average Bonchev–Trinajstić information content (AvgIpc) is 3.28. The largest absolute Gasteiger partial charge is 0.347 e. The number of pyridine rings is 1. The van der Waals surface area contributed by atoms with E-state index in [-0.39, 0.29) is 0 Å². The lowest BCUT2D eigenvalue weighted by molar-refractivity contribution is 0.854. The number of hydrogen-bond donors (Lipinski definition) is 0. The number of hydrogen-bond acceptors (Lipinski definition) is 1. The second-order valence-corrected chi connectivity index (χ2v) is 7.34. The van der Waals surface area contributed by atoms with Crippen LogP contribution in [-0.2, 0) is 13.5 Å². The molecule has 1 nitrogen and oxygen atoms in total. The summed E-state index contributed by atoms with van der Waals surface area (Å²) in [6, 6.07) is 19.9. The van der Waals surface area contributed by atoms with Crippen molar-refractivity contribution in [3.8, 4) is 22.3 Å². The van der Waals surface area contributed by atoms with Gasteiger partial charge in [0.15, 0.2) is 0 Å². The van der Waals surface area contributed by atoms with Gasteiger partial charge in [0.2, 0.25) is 0 Å². The van der Waals surface area contributed by atoms with E-state index in [1.54, 1.807) is 11.3 Å². The fourth-order valence-electron chi connectivity index (χ4n) is 4.29. The molecule has 0 saturated heterocycles. The maximum Gasteiger partial charge on any atom is 0.0485 e. The van der Waals surface area contributed by atoms with Gasteiger partial charge < -0.3 is 4.57 Å². The van der Waals surface area contributed by atoms with E-state index in [2.05, 4.69) is 83.9 Å². The highest BCUT2D eigenvalue weighted by molar-refractivity contribution is 7.08. The topological polar surface area (TPSA) is 4.93 Å². The molecular weight excluding hydrogens is 322 g/mol. The first-order chi connectivity index (χ1) is 12.3. The minimum Gasteiger partial charge on any atom is -0.347 e. The molecule has 1 aliphatic heterocycles. The fraction of sp³-hybridized carbons (Fsp3) is 0.130. The van der Waals surface area contributed by atoms with Crippen LogP contribution >= 0.6 is 11.3 Å². The predicted octanol–water partition coefficient (Wildman–Crippen LogP) is 6.73. The molecule has 0 bridgehead atoms. The third-order valence-electron chi connectivity index (χ3n) is 5.34. The zero-order valence-electron chi connectivity index (χ0n) is 14.4. The normalized spacial score (nSPS) is 11.8. The molecule has 2 aliphatic rings. The molecule has 0 fully saturated rings. The van der Waals surface area contributed by atoms with Gasteiger partial charge in [-0.25, -0.2) is 0 Å². The Bertz CT molecular complexity index is 1180. The molecule has 122 valence electrons. The molecule has 0 atom stereocenters. The zero-order chi connectivity index (χ0) is 17.0. The third kappa shape index (κ3) is 1.95. The standard InChI is InChI=1S/C23H19NS/c1-3-19-22-17-9-5-4-8-16(17)21(15-12-13-25-14-15)23(22)18-10-6-7-11-20(18)24(19)2/h4-14H,3H2,1-2H3. The number of para-hydroxylation sites is 1. The van der Waals surface area contributed by atoms with E-state index in [9.17, 15) is 0 Å². The van der Waals surface area contributed by atoms with Crippen molar-refractivity contribution in [3.05, 3.63) is 71.1 Å². The van der Waals surface area contributed by atoms with Crippen LogP contribution in [0.2, 0.25) is 0 Å². The van der Waals surface area contributed by atoms with Crippen LogP contribution in [0.5, 0.6) is 0 Å². The van der Waals surface area contributed by atoms with Crippen molar-refractivity contribution in [2.45, 2.75) is 13.3 Å². The van der Waals surface area contributed by atoms with Gasteiger partial charge in [0.05, 0.1) is 0 Å². The Labute approximate surface area is 151 Å². The Morgan fingerprint density at radius 3 is 2.16 bits per heavy atom. The van der Waals surface area contributed by atoms with Crippen LogP contribution in [0.1, 0.15) is 12.6 Å². The van der Waals surface area contributed by atoms with Crippen molar-refractivity contribution < 1.29 is 0 Å². The van der Waals surface area contributed by atoms with Crippen molar-refractivity contribution in [1.82, 2.24) is 4.57 Å². The van der Waals surface area contributed by atoms with Gasteiger partial charge in [-0.05, 0) is 51.2 Å². The molecule has 2 heteroatoms. The second-order valence-electron chi connectivity index (χ2n) is 6.56. The van der Waals surface area contributed by atoms with Crippen molar-refractivity contribution in [1.29, 1.82) is 0 Å². The molecule has 5 rings (SSSR count). The van der Waals surface area contributed by atoms with Gasteiger partial charge in [-0.2, -0.15) is 11.3 Å². The van der Waals surface area contributed by atoms with Crippen molar-refractivity contribution in [3.63, 3.8) is 0 Å². The molecule has 0 unspecified atom stereocenters. The van der Waals surface area contributed by atoms with E-state index in [1.807, 2.05) is 0 Å². The van der Waals surface area contributed by atoms with Gasteiger partial charge in [-0.1, -0.05) is 49.4 Å². The van der Waals surface area contributed by atoms with Crippen molar-refractivity contribution >= 4 is 33.0 Å². The SMILES string of the molecule is CCc1c2c3ccccc3c(-c3ccsc3)c-2c2ccccc2n1C. The Kier molecular flexibility index (Phi) is 3.22. The van der Waals surface area contributed by atoms with Gasteiger partial charge in [0, 0.05) is 34.8 Å². The molecule has 2 heterocycles. The zero-order valence-corrected chi connectivity index (χ0v) is 15.2. The minimum atomic E-state index is 1.02. The highest BCUT2D eigenvalue weighted by Crippen LogP contribution is 2.50. The van der Waals surface area contributed by atoms with Crippen LogP contribution in [0.4, 0.5) is 0 Å². The lowest BCUT2D eigenvalue weighted by Gasteiger charge is -2.19. The summed E-state index contributed by atoms with van der Waals surface area (Å²) in [4.78, 5) is 0. The summed E-state index contributed by atoms with van der Waals surface area (Å²) in [5.41, 5.74) is 8.26. The summed E-state index contributed by atoms with van der Waals surface area (Å²) in [5.74, 6) is 0. The molecule has 0 radical (unpaired) electrons. The molecule has 1 aliphatic carbocycles. The number of benzene rings is 2. The molecule has 0 spiro atoms. The van der Waals surface area contributed by atoms with E-state index in [1.165, 1.54) is 49.6 Å². The summed E-state index contributed by atoms with van der Waals surface area (Å²) in [7, 11) is 2.20. The van der Waals surface area contributed by atoms with Crippen LogP contribution < -0.4 is 0 Å². The molecule has 0 N–H and O–H groups in total. The highest BCUT2D eigenvalue weighted by atomic mass is 32.1. The number of nitrogens with zero attached hydrogens (tertiary/aromatic N) is 1. The smallest absolute Gasteiger partial charge is 0.0485 e. The number of thiophene rings is 1. The van der Waals surface area contributed by atoms with Crippen molar-refractivity contribution in [2.75, 3.05) is 0 Å². The Balaban J connectivity index is 2.13. The first kappa shape index (κ1) is 14.7. The average molecular weight is 341 g/mol. The number of aryl methyl sites for hydroxylation is 1. The van der Waals surface area contributed by atoms with Gasteiger partial charge in [0.1, 0.15) is 0 Å². The van der Waals surface area contributed by atoms with E-state index in [0.29, 0.717) is 0 Å². The van der Waals surface area contributed by atoms with Crippen LogP contribution in [-0.4, -0.2) is 4.57 Å². The van der Waals surface area contributed by atoms with Crippen LogP contribution in [0.3, 0.4) is 0 Å². The Morgan fingerprint density at radius 1 is 0.800 bits per heavy atom. The van der Waals surface area contributed by atoms with E-state index in [4.69, 9.17) is 0 Å². The van der Waals surface area contributed by atoms with Crippen LogP contribution in [0, 0.1) is 0 Å². The number of aromatic nitrogens is 1. The summed E-state index contributed by atoms with van der Waals surface area (Å²) < 4.78 is 2.38. The monoisotopic (exact) mass is 341 g/mol. The van der Waals surface area contributed by atoms with Gasteiger partial charge in [-0.15, -0.1) is 0 Å². The van der Waals surface area contributed by atoms with E-state index < -0.39 is 0 Å². The first-order valence-corrected chi connectivity index (χ1v) is 9.68. The second kappa shape index (κ2) is 5.47. The maximum atomic E-state index is 2.38. The summed E-state index contributed by atoms with van der Waals surface area (Å²) in [5, 5.41) is 8.53. The summed E-state index contributed by atoms with van der Waals surface area (Å²) in [6.07, 6.45) is 1.02. The number of rotatable bonds is 2. The first-order valence-electron chi connectivity index (χ1n) is 8.74. The summed E-state index contributed by atoms with van der Waals surface area (Å²) in [6.45, 7) is 2.26. The van der Waals surface area contributed by atoms with Gasteiger partial charge >= 0.3 is 0 Å². The lowest BCUT2D eigenvalue weighted by atomic mass is 9.94. The molecular formula is C23H19NS. The maximum absolute atomic E-state index is 2.38. The molecule has 0 amide bonds.